The van der Waals surface area contributed by atoms with Gasteiger partial charge in [0.15, 0.2) is 0 Å². The van der Waals surface area contributed by atoms with Crippen molar-refractivity contribution in [1.29, 1.82) is 0 Å². The van der Waals surface area contributed by atoms with Crippen molar-refractivity contribution in [1.82, 2.24) is 0 Å². The first-order valence-corrected chi connectivity index (χ1v) is 8.74. The van der Waals surface area contributed by atoms with Gasteiger partial charge in [0.1, 0.15) is 5.25 Å². The highest BCUT2D eigenvalue weighted by atomic mass is 32.2. The summed E-state index contributed by atoms with van der Waals surface area (Å²) in [6.45, 7) is 0. The molecule has 0 saturated heterocycles. The Morgan fingerprint density at radius 1 is 1.00 bits per heavy atom. The fourth-order valence-electron chi connectivity index (χ4n) is 2.23. The Morgan fingerprint density at radius 3 is 2.15 bits per heavy atom. The SMILES string of the molecule is CSC1CCCCCCC1[S+](C)C. The molecule has 0 aromatic rings. The zero-order valence-electron chi connectivity index (χ0n) is 9.21. The van der Waals surface area contributed by atoms with Crippen molar-refractivity contribution >= 4 is 22.7 Å². The molecule has 0 aromatic carbocycles. The van der Waals surface area contributed by atoms with E-state index >= 15 is 0 Å². The van der Waals surface area contributed by atoms with E-state index < -0.39 is 0 Å². The molecule has 1 fully saturated rings. The Kier molecular flexibility index (Phi) is 5.65. The van der Waals surface area contributed by atoms with E-state index in [2.05, 4.69) is 30.5 Å². The maximum Gasteiger partial charge on any atom is 0.129 e. The molecule has 0 amide bonds. The van der Waals surface area contributed by atoms with Gasteiger partial charge in [0.25, 0.3) is 0 Å². The molecule has 0 aromatic heterocycles. The Morgan fingerprint density at radius 2 is 1.62 bits per heavy atom. The molecule has 1 aliphatic carbocycles. The van der Waals surface area contributed by atoms with Crippen LogP contribution in [0.2, 0.25) is 0 Å². The monoisotopic (exact) mass is 219 g/mol. The number of hydrogen-bond acceptors (Lipinski definition) is 1. The molecule has 0 bridgehead atoms. The van der Waals surface area contributed by atoms with Crippen molar-refractivity contribution in [2.45, 2.75) is 49.0 Å². The van der Waals surface area contributed by atoms with Crippen molar-refractivity contribution in [3.8, 4) is 0 Å². The maximum atomic E-state index is 2.43. The van der Waals surface area contributed by atoms with Gasteiger partial charge in [-0.3, -0.25) is 0 Å². The summed E-state index contributed by atoms with van der Waals surface area (Å²) >= 11 is 2.11. The summed E-state index contributed by atoms with van der Waals surface area (Å²) in [6, 6.07) is 0. The summed E-state index contributed by atoms with van der Waals surface area (Å²) in [5, 5.41) is 1.97. The van der Waals surface area contributed by atoms with Gasteiger partial charge in [0.05, 0.1) is 17.8 Å². The van der Waals surface area contributed by atoms with Crippen LogP contribution in [0.25, 0.3) is 0 Å². The third-order valence-electron chi connectivity index (χ3n) is 3.05. The molecule has 78 valence electrons. The second-order valence-electron chi connectivity index (χ2n) is 4.18. The summed E-state index contributed by atoms with van der Waals surface area (Å²) in [4.78, 5) is 0. The third-order valence-corrected chi connectivity index (χ3v) is 6.17. The zero-order chi connectivity index (χ0) is 9.68. The number of hydrogen-bond donors (Lipinski definition) is 0. The molecule has 1 rings (SSSR count). The molecule has 13 heavy (non-hydrogen) atoms. The van der Waals surface area contributed by atoms with Crippen LogP contribution in [0.5, 0.6) is 0 Å². The minimum absolute atomic E-state index is 0.628. The fourth-order valence-corrected chi connectivity index (χ4v) is 5.45. The molecule has 2 unspecified atom stereocenters. The number of rotatable bonds is 2. The zero-order valence-corrected chi connectivity index (χ0v) is 10.8. The van der Waals surface area contributed by atoms with Crippen LogP contribution >= 0.6 is 11.8 Å². The molecular formula is C11H23S2+. The van der Waals surface area contributed by atoms with Crippen molar-refractivity contribution in [2.75, 3.05) is 18.8 Å². The highest BCUT2D eigenvalue weighted by molar-refractivity contribution is 8.01. The Hall–Kier alpha value is 0.700. The smallest absolute Gasteiger partial charge is 0.129 e. The highest BCUT2D eigenvalue weighted by Crippen LogP contribution is 2.29. The Bertz CT molecular complexity index is 134. The second-order valence-corrected chi connectivity index (χ2v) is 7.63. The quantitative estimate of drug-likeness (QED) is 0.642. The van der Waals surface area contributed by atoms with E-state index in [0.717, 1.165) is 10.5 Å². The third kappa shape index (κ3) is 3.75. The van der Waals surface area contributed by atoms with Gasteiger partial charge in [0.2, 0.25) is 0 Å². The lowest BCUT2D eigenvalue weighted by molar-refractivity contribution is 0.520. The Balaban J connectivity index is 2.50. The van der Waals surface area contributed by atoms with E-state index in [1.54, 1.807) is 0 Å². The summed E-state index contributed by atoms with van der Waals surface area (Å²) < 4.78 is 0. The average molecular weight is 219 g/mol. The van der Waals surface area contributed by atoms with E-state index in [9.17, 15) is 0 Å². The second kappa shape index (κ2) is 6.23. The molecule has 2 heteroatoms. The van der Waals surface area contributed by atoms with Gasteiger partial charge >= 0.3 is 0 Å². The van der Waals surface area contributed by atoms with Crippen molar-refractivity contribution in [3.63, 3.8) is 0 Å². The van der Waals surface area contributed by atoms with Crippen molar-refractivity contribution in [2.24, 2.45) is 0 Å². The topological polar surface area (TPSA) is 0 Å². The van der Waals surface area contributed by atoms with Crippen molar-refractivity contribution in [3.05, 3.63) is 0 Å². The average Bonchev–Trinajstić information content (AvgIpc) is 2.03. The van der Waals surface area contributed by atoms with Gasteiger partial charge in [-0.05, 0) is 36.4 Å². The molecule has 0 N–H and O–H groups in total. The van der Waals surface area contributed by atoms with Crippen molar-refractivity contribution < 1.29 is 0 Å². The molecule has 0 radical (unpaired) electrons. The predicted octanol–water partition coefficient (Wildman–Crippen LogP) is 3.32. The minimum atomic E-state index is 0.628. The van der Waals surface area contributed by atoms with E-state index in [4.69, 9.17) is 0 Å². The largest absolute Gasteiger partial charge is 0.157 e. The first-order chi connectivity index (χ1) is 6.25. The lowest BCUT2D eigenvalue weighted by atomic mass is 10.00. The molecular weight excluding hydrogens is 196 g/mol. The van der Waals surface area contributed by atoms with Gasteiger partial charge < -0.3 is 0 Å². The van der Waals surface area contributed by atoms with Gasteiger partial charge in [-0.25, -0.2) is 0 Å². The highest BCUT2D eigenvalue weighted by Gasteiger charge is 2.30. The van der Waals surface area contributed by atoms with E-state index in [0.29, 0.717) is 10.9 Å². The molecule has 2 atom stereocenters. The van der Waals surface area contributed by atoms with Gasteiger partial charge in [-0.1, -0.05) is 19.3 Å². The summed E-state index contributed by atoms with van der Waals surface area (Å²) in [7, 11) is 0.628. The first-order valence-electron chi connectivity index (χ1n) is 5.35. The van der Waals surface area contributed by atoms with Crippen LogP contribution in [0.3, 0.4) is 0 Å². The number of thioether (sulfide) groups is 1. The maximum absolute atomic E-state index is 2.43. The predicted molar refractivity (Wildman–Crippen MR) is 68.0 cm³/mol. The minimum Gasteiger partial charge on any atom is -0.157 e. The molecule has 0 aliphatic heterocycles. The summed E-state index contributed by atoms with van der Waals surface area (Å²) in [5.41, 5.74) is 0. The molecule has 0 spiro atoms. The summed E-state index contributed by atoms with van der Waals surface area (Å²) in [6.07, 6.45) is 16.0. The van der Waals surface area contributed by atoms with Crippen LogP contribution in [-0.2, 0) is 10.9 Å². The summed E-state index contributed by atoms with van der Waals surface area (Å²) in [5.74, 6) is 0. The van der Waals surface area contributed by atoms with Gasteiger partial charge in [-0.2, -0.15) is 11.8 Å². The van der Waals surface area contributed by atoms with Crippen LogP contribution in [-0.4, -0.2) is 29.3 Å². The van der Waals surface area contributed by atoms with Crippen LogP contribution < -0.4 is 0 Å². The first kappa shape index (κ1) is 11.8. The van der Waals surface area contributed by atoms with Crippen LogP contribution in [0.4, 0.5) is 0 Å². The van der Waals surface area contributed by atoms with Crippen LogP contribution in [0.15, 0.2) is 0 Å². The van der Waals surface area contributed by atoms with E-state index in [1.165, 1.54) is 38.5 Å². The standard InChI is InChI=1S/C11H23S2/c1-12-10-8-6-4-5-7-9-11(10)13(2)3/h10-11H,4-9H2,1-3H3/q+1. The van der Waals surface area contributed by atoms with E-state index in [1.807, 2.05) is 0 Å². The normalized spacial score (nSPS) is 31.4. The van der Waals surface area contributed by atoms with Crippen LogP contribution in [0, 0.1) is 0 Å². The fraction of sp³-hybridized carbons (Fsp3) is 1.00. The molecule has 0 nitrogen and oxygen atoms in total. The lowest BCUT2D eigenvalue weighted by Crippen LogP contribution is -2.31. The van der Waals surface area contributed by atoms with Crippen LogP contribution in [0.1, 0.15) is 38.5 Å². The van der Waals surface area contributed by atoms with Gasteiger partial charge in [-0.15, -0.1) is 0 Å². The van der Waals surface area contributed by atoms with Gasteiger partial charge in [0, 0.05) is 0 Å². The molecule has 0 heterocycles. The lowest BCUT2D eigenvalue weighted by Gasteiger charge is -2.25. The Labute approximate surface area is 90.6 Å². The molecule has 1 saturated carbocycles. The van der Waals surface area contributed by atoms with E-state index in [-0.39, 0.29) is 0 Å². The molecule has 1 aliphatic rings.